The summed E-state index contributed by atoms with van der Waals surface area (Å²) in [7, 11) is 0. The van der Waals surface area contributed by atoms with Gasteiger partial charge >= 0.3 is 12.1 Å². The van der Waals surface area contributed by atoms with Crippen molar-refractivity contribution >= 4 is 17.3 Å². The number of thiophene rings is 1. The highest BCUT2D eigenvalue weighted by Crippen LogP contribution is 2.31. The second-order valence-electron chi connectivity index (χ2n) is 7.44. The Kier molecular flexibility index (Phi) is 7.57. The fraction of sp³-hybridized carbons (Fsp3) is 0.348. The van der Waals surface area contributed by atoms with E-state index in [2.05, 4.69) is 9.97 Å². The van der Waals surface area contributed by atoms with Gasteiger partial charge in [0, 0.05) is 23.6 Å². The average molecular weight is 481 g/mol. The molecule has 0 aliphatic heterocycles. The van der Waals surface area contributed by atoms with Crippen LogP contribution in [0.1, 0.15) is 31.3 Å². The Morgan fingerprint density at radius 1 is 1.09 bits per heavy atom. The van der Waals surface area contributed by atoms with Gasteiger partial charge in [0.1, 0.15) is 17.2 Å². The van der Waals surface area contributed by atoms with Crippen molar-refractivity contribution in [3.63, 3.8) is 0 Å². The summed E-state index contributed by atoms with van der Waals surface area (Å²) < 4.78 is 55.2. The quantitative estimate of drug-likeness (QED) is 0.373. The van der Waals surface area contributed by atoms with E-state index >= 15 is 0 Å². The molecule has 0 fully saturated rings. The third-order valence-electron chi connectivity index (χ3n) is 4.39. The molecular formula is C23H23F3N2O4S. The number of carbonyl (C=O) groups is 1. The van der Waals surface area contributed by atoms with Crippen molar-refractivity contribution in [3.05, 3.63) is 59.2 Å². The summed E-state index contributed by atoms with van der Waals surface area (Å²) in [5, 5.41) is 0. The van der Waals surface area contributed by atoms with Gasteiger partial charge in [-0.15, -0.1) is 11.3 Å². The number of benzene rings is 1. The molecule has 0 spiro atoms. The highest BCUT2D eigenvalue weighted by atomic mass is 32.1. The molecule has 0 amide bonds. The van der Waals surface area contributed by atoms with Crippen molar-refractivity contribution < 1.29 is 32.2 Å². The molecule has 0 atom stereocenters. The van der Waals surface area contributed by atoms with Crippen LogP contribution in [0.15, 0.2) is 48.7 Å². The molecule has 0 bridgehead atoms. The Balaban J connectivity index is 1.58. The van der Waals surface area contributed by atoms with Gasteiger partial charge in [-0.25, -0.2) is 14.8 Å². The first kappa shape index (κ1) is 24.5. The summed E-state index contributed by atoms with van der Waals surface area (Å²) in [5.41, 5.74) is -2.12. The first-order valence-corrected chi connectivity index (χ1v) is 11.0. The number of esters is 1. The lowest BCUT2D eigenvalue weighted by atomic mass is 10.1. The van der Waals surface area contributed by atoms with Crippen molar-refractivity contribution in [1.82, 2.24) is 9.97 Å². The van der Waals surface area contributed by atoms with Crippen molar-refractivity contribution in [1.29, 1.82) is 0 Å². The molecule has 1 aromatic carbocycles. The average Bonchev–Trinajstić information content (AvgIpc) is 3.22. The van der Waals surface area contributed by atoms with E-state index in [4.69, 9.17) is 14.2 Å². The molecule has 0 aliphatic rings. The number of hydrogen-bond donors (Lipinski definition) is 0. The lowest BCUT2D eigenvalue weighted by Gasteiger charge is -2.24. The molecule has 0 saturated heterocycles. The van der Waals surface area contributed by atoms with Crippen LogP contribution in [0.2, 0.25) is 0 Å². The lowest BCUT2D eigenvalue weighted by molar-refractivity contribution is -0.158. The van der Waals surface area contributed by atoms with Crippen LogP contribution in [-0.2, 0) is 22.1 Å². The number of alkyl halides is 3. The van der Waals surface area contributed by atoms with Gasteiger partial charge in [-0.3, -0.25) is 0 Å². The topological polar surface area (TPSA) is 70.5 Å². The molecule has 3 aromatic rings. The zero-order valence-corrected chi connectivity index (χ0v) is 19.1. The Morgan fingerprint density at radius 2 is 1.85 bits per heavy atom. The minimum absolute atomic E-state index is 0.0380. The summed E-state index contributed by atoms with van der Waals surface area (Å²) in [6.45, 7) is 5.58. The number of aromatic nitrogens is 2. The highest BCUT2D eigenvalue weighted by molar-refractivity contribution is 7.15. The van der Waals surface area contributed by atoms with Crippen molar-refractivity contribution in [3.8, 4) is 22.2 Å². The molecule has 2 heterocycles. The Hall–Kier alpha value is -3.14. The smallest absolute Gasteiger partial charge is 0.433 e. The maximum absolute atomic E-state index is 12.9. The van der Waals surface area contributed by atoms with E-state index in [1.54, 1.807) is 51.1 Å². The van der Waals surface area contributed by atoms with Crippen molar-refractivity contribution in [2.24, 2.45) is 0 Å². The maximum atomic E-state index is 12.9. The third-order valence-corrected chi connectivity index (χ3v) is 5.53. The largest absolute Gasteiger partial charge is 0.493 e. The van der Waals surface area contributed by atoms with Gasteiger partial charge in [-0.05, 0) is 51.1 Å². The monoisotopic (exact) mass is 480 g/mol. The predicted octanol–water partition coefficient (Wildman–Crippen LogP) is 5.57. The number of ether oxygens (including phenoxy) is 3. The molecule has 0 aliphatic carbocycles. The van der Waals surface area contributed by atoms with Gasteiger partial charge in [-0.2, -0.15) is 13.2 Å². The second kappa shape index (κ2) is 10.2. The van der Waals surface area contributed by atoms with Gasteiger partial charge in [-0.1, -0.05) is 6.07 Å². The van der Waals surface area contributed by atoms with Crippen LogP contribution in [0, 0.1) is 0 Å². The van der Waals surface area contributed by atoms with E-state index in [1.165, 1.54) is 11.3 Å². The van der Waals surface area contributed by atoms with E-state index in [1.807, 2.05) is 6.07 Å². The summed E-state index contributed by atoms with van der Waals surface area (Å²) in [6.07, 6.45) is -2.87. The molecule has 6 nitrogen and oxygen atoms in total. The Bertz CT molecular complexity index is 1100. The predicted molar refractivity (Wildman–Crippen MR) is 117 cm³/mol. The van der Waals surface area contributed by atoms with Crippen LogP contribution in [-0.4, -0.2) is 34.8 Å². The minimum Gasteiger partial charge on any atom is -0.493 e. The summed E-state index contributed by atoms with van der Waals surface area (Å²) in [6, 6.07) is 11.3. The van der Waals surface area contributed by atoms with E-state index in [-0.39, 0.29) is 12.4 Å². The van der Waals surface area contributed by atoms with Crippen LogP contribution < -0.4 is 9.47 Å². The van der Waals surface area contributed by atoms with Gasteiger partial charge < -0.3 is 14.2 Å². The fourth-order valence-electron chi connectivity index (χ4n) is 2.81. The van der Waals surface area contributed by atoms with Gasteiger partial charge in [0.15, 0.2) is 11.4 Å². The molecule has 0 unspecified atom stereocenters. The normalized spacial score (nSPS) is 11.8. The van der Waals surface area contributed by atoms with Crippen LogP contribution >= 0.6 is 11.3 Å². The van der Waals surface area contributed by atoms with E-state index in [0.29, 0.717) is 29.4 Å². The standard InChI is InChI=1S/C23H23F3N2O4S/c1-4-30-21(29)22(2,3)32-16-7-5-6-15(14-16)31-13-11-17-8-9-18(33-17)20-27-12-10-19(28-20)23(24,25)26/h5-10,12,14H,4,11,13H2,1-3H3. The lowest BCUT2D eigenvalue weighted by Crippen LogP contribution is -2.39. The summed E-state index contributed by atoms with van der Waals surface area (Å²) in [4.78, 5) is 21.0. The molecule has 0 N–H and O–H groups in total. The van der Waals surface area contributed by atoms with E-state index in [0.717, 1.165) is 17.1 Å². The molecule has 3 rings (SSSR count). The molecule has 176 valence electrons. The van der Waals surface area contributed by atoms with Gasteiger partial charge in [0.05, 0.1) is 18.1 Å². The molecule has 0 saturated carbocycles. The summed E-state index contributed by atoms with van der Waals surface area (Å²) >= 11 is 1.31. The molecule has 2 aromatic heterocycles. The SMILES string of the molecule is CCOC(=O)C(C)(C)Oc1cccc(OCCc2ccc(-c3nccc(C(F)(F)F)n3)s2)c1. The van der Waals surface area contributed by atoms with Crippen LogP contribution in [0.25, 0.3) is 10.7 Å². The van der Waals surface area contributed by atoms with Crippen molar-refractivity contribution in [2.45, 2.75) is 39.0 Å². The molecule has 33 heavy (non-hydrogen) atoms. The van der Waals surface area contributed by atoms with Crippen LogP contribution in [0.5, 0.6) is 11.5 Å². The zero-order valence-electron chi connectivity index (χ0n) is 18.3. The highest BCUT2D eigenvalue weighted by Gasteiger charge is 2.33. The maximum Gasteiger partial charge on any atom is 0.433 e. The van der Waals surface area contributed by atoms with E-state index in [9.17, 15) is 18.0 Å². The van der Waals surface area contributed by atoms with Crippen molar-refractivity contribution in [2.75, 3.05) is 13.2 Å². The van der Waals surface area contributed by atoms with E-state index < -0.39 is 23.4 Å². The van der Waals surface area contributed by atoms with Crippen LogP contribution in [0.3, 0.4) is 0 Å². The number of carbonyl (C=O) groups excluding carboxylic acids is 1. The van der Waals surface area contributed by atoms with Crippen LogP contribution in [0.4, 0.5) is 13.2 Å². The van der Waals surface area contributed by atoms with Gasteiger partial charge in [0.2, 0.25) is 0 Å². The first-order chi connectivity index (χ1) is 15.6. The molecular weight excluding hydrogens is 457 g/mol. The molecule has 0 radical (unpaired) electrons. The number of hydrogen-bond acceptors (Lipinski definition) is 7. The summed E-state index contributed by atoms with van der Waals surface area (Å²) in [5.74, 6) is 0.599. The van der Waals surface area contributed by atoms with Gasteiger partial charge in [0.25, 0.3) is 0 Å². The number of rotatable bonds is 9. The zero-order chi connectivity index (χ0) is 24.1. The Labute approximate surface area is 193 Å². The second-order valence-corrected chi connectivity index (χ2v) is 8.60. The Morgan fingerprint density at radius 3 is 2.58 bits per heavy atom. The third kappa shape index (κ3) is 6.67. The first-order valence-electron chi connectivity index (χ1n) is 10.2. The fourth-order valence-corrected chi connectivity index (χ4v) is 3.74. The number of halogens is 3. The molecule has 10 heteroatoms. The minimum atomic E-state index is -4.52. The number of nitrogens with zero attached hydrogens (tertiary/aromatic N) is 2.